The lowest BCUT2D eigenvalue weighted by molar-refractivity contribution is -0.173. The molecule has 4 atom stereocenters. The van der Waals surface area contributed by atoms with Crippen molar-refractivity contribution >= 4 is 18.0 Å². The predicted molar refractivity (Wildman–Crippen MR) is 137 cm³/mol. The molecule has 4 rings (SSSR count). The smallest absolute Gasteiger partial charge is 0.410 e. The Hall–Kier alpha value is -2.85. The van der Waals surface area contributed by atoms with E-state index >= 15 is 0 Å². The summed E-state index contributed by atoms with van der Waals surface area (Å²) in [6, 6.07) is 6.47. The lowest BCUT2D eigenvalue weighted by Crippen LogP contribution is -2.75. The molecule has 0 radical (unpaired) electrons. The zero-order valence-corrected chi connectivity index (χ0v) is 22.9. The van der Waals surface area contributed by atoms with Gasteiger partial charge in [-0.05, 0) is 64.2 Å². The van der Waals surface area contributed by atoms with Gasteiger partial charge >= 0.3 is 12.1 Å². The predicted octanol–water partition coefficient (Wildman–Crippen LogP) is 2.35. The molecule has 0 aromatic heterocycles. The van der Waals surface area contributed by atoms with Gasteiger partial charge in [-0.1, -0.05) is 12.1 Å². The maximum absolute atomic E-state index is 14.1. The number of aliphatic hydroxyl groups excluding tert-OH is 2. The van der Waals surface area contributed by atoms with Crippen LogP contribution in [0.2, 0.25) is 0 Å². The number of carbonyl (C=O) groups is 3. The summed E-state index contributed by atoms with van der Waals surface area (Å²) in [6.07, 6.45) is -0.0673. The molecule has 2 amide bonds. The fourth-order valence-corrected chi connectivity index (χ4v) is 7.02. The van der Waals surface area contributed by atoms with E-state index in [1.165, 1.54) is 4.90 Å². The summed E-state index contributed by atoms with van der Waals surface area (Å²) < 4.78 is 16.4. The molecular weight excluding hydrogens is 492 g/mol. The molecule has 2 saturated heterocycles. The Labute approximate surface area is 223 Å². The minimum Gasteiger partial charge on any atom is -0.497 e. The first-order chi connectivity index (χ1) is 18.0. The van der Waals surface area contributed by atoms with Crippen molar-refractivity contribution in [3.63, 3.8) is 0 Å². The highest BCUT2D eigenvalue weighted by Crippen LogP contribution is 2.62. The Kier molecular flexibility index (Phi) is 7.69. The van der Waals surface area contributed by atoms with Gasteiger partial charge in [0.05, 0.1) is 44.9 Å². The third-order valence-electron chi connectivity index (χ3n) is 8.38. The van der Waals surface area contributed by atoms with E-state index < -0.39 is 53.8 Å². The Bertz CT molecular complexity index is 1050. The highest BCUT2D eigenvalue weighted by atomic mass is 16.6. The molecule has 3 fully saturated rings. The first-order valence-corrected chi connectivity index (χ1v) is 13.3. The first-order valence-electron chi connectivity index (χ1n) is 13.3. The Morgan fingerprint density at radius 1 is 1.13 bits per heavy atom. The van der Waals surface area contributed by atoms with Crippen molar-refractivity contribution in [1.29, 1.82) is 0 Å². The summed E-state index contributed by atoms with van der Waals surface area (Å²) in [5, 5.41) is 21.4. The lowest BCUT2D eigenvalue weighted by atomic mass is 9.52. The highest BCUT2D eigenvalue weighted by molar-refractivity contribution is 5.87. The summed E-state index contributed by atoms with van der Waals surface area (Å²) in [6.45, 7) is 6.76. The maximum Gasteiger partial charge on any atom is 0.410 e. The van der Waals surface area contributed by atoms with E-state index in [-0.39, 0.29) is 44.4 Å². The number of aliphatic hydroxyl groups is 2. The monoisotopic (exact) mass is 532 g/mol. The van der Waals surface area contributed by atoms with E-state index in [1.54, 1.807) is 51.8 Å². The molecule has 2 N–H and O–H groups in total. The average Bonchev–Trinajstić information content (AvgIpc) is 3.02. The molecule has 0 unspecified atom stereocenters. The number of nitrogens with zero attached hydrogens (tertiary/aromatic N) is 2. The number of rotatable bonds is 8. The molecule has 38 heavy (non-hydrogen) atoms. The van der Waals surface area contributed by atoms with Crippen molar-refractivity contribution in [1.82, 2.24) is 9.80 Å². The molecule has 10 heteroatoms. The first kappa shape index (κ1) is 28.2. The molecule has 2 heterocycles. The molecule has 210 valence electrons. The summed E-state index contributed by atoms with van der Waals surface area (Å²) >= 11 is 0. The van der Waals surface area contributed by atoms with Crippen LogP contribution in [-0.2, 0) is 25.6 Å². The van der Waals surface area contributed by atoms with Crippen LogP contribution in [0.5, 0.6) is 5.75 Å². The van der Waals surface area contributed by atoms with E-state index in [0.29, 0.717) is 12.2 Å². The van der Waals surface area contributed by atoms with E-state index in [2.05, 4.69) is 0 Å². The lowest BCUT2D eigenvalue weighted by Gasteiger charge is -2.62. The Morgan fingerprint density at radius 3 is 2.34 bits per heavy atom. The number of carbonyl (C=O) groups excluding carboxylic acids is 3. The van der Waals surface area contributed by atoms with Crippen molar-refractivity contribution < 1.29 is 38.8 Å². The van der Waals surface area contributed by atoms with Crippen LogP contribution in [0.4, 0.5) is 4.79 Å². The van der Waals surface area contributed by atoms with Gasteiger partial charge in [0, 0.05) is 24.4 Å². The van der Waals surface area contributed by atoms with Crippen molar-refractivity contribution in [2.75, 3.05) is 33.5 Å². The van der Waals surface area contributed by atoms with Crippen molar-refractivity contribution in [2.24, 2.45) is 17.3 Å². The highest BCUT2D eigenvalue weighted by Gasteiger charge is 2.74. The second kappa shape index (κ2) is 10.4. The van der Waals surface area contributed by atoms with Gasteiger partial charge in [0.1, 0.15) is 11.4 Å². The normalized spacial score (nSPS) is 27.8. The zero-order chi connectivity index (χ0) is 27.9. The molecule has 0 spiro atoms. The van der Waals surface area contributed by atoms with Crippen LogP contribution < -0.4 is 4.74 Å². The van der Waals surface area contributed by atoms with Gasteiger partial charge in [-0.15, -0.1) is 0 Å². The van der Waals surface area contributed by atoms with Gasteiger partial charge in [-0.25, -0.2) is 4.79 Å². The number of hydrogen-bond donors (Lipinski definition) is 2. The van der Waals surface area contributed by atoms with E-state index in [9.17, 15) is 24.6 Å². The topological polar surface area (TPSA) is 126 Å². The number of benzene rings is 1. The number of ether oxygens (including phenoxy) is 3. The molecule has 1 aromatic rings. The van der Waals surface area contributed by atoms with Crippen LogP contribution in [0, 0.1) is 17.3 Å². The van der Waals surface area contributed by atoms with Crippen LogP contribution in [0.1, 0.15) is 52.5 Å². The second-order valence-corrected chi connectivity index (χ2v) is 11.7. The third-order valence-corrected chi connectivity index (χ3v) is 8.38. The maximum atomic E-state index is 14.1. The number of hydrogen-bond acceptors (Lipinski definition) is 8. The van der Waals surface area contributed by atoms with Crippen LogP contribution >= 0.6 is 0 Å². The van der Waals surface area contributed by atoms with Gasteiger partial charge in [0.15, 0.2) is 0 Å². The van der Waals surface area contributed by atoms with Gasteiger partial charge in [0.25, 0.3) is 0 Å². The van der Waals surface area contributed by atoms with E-state index in [0.717, 1.165) is 5.56 Å². The number of esters is 1. The fourth-order valence-electron chi connectivity index (χ4n) is 7.02. The molecular formula is C28H40N2O8. The second-order valence-electron chi connectivity index (χ2n) is 11.7. The minimum absolute atomic E-state index is 0.144. The standard InChI is InChI=1S/C28H40N2O8/c1-6-37-22(33)14-28-21-11-12-29(25(35)38-26(2,3)4)24(28)27(16-31,17-32)13-20(21)23(34)30(28)15-18-7-9-19(36-5)10-8-18/h7-10,20-21,24,31-32H,6,11-17H2,1-5H3/t20-,21-,24+,28+/m1/s1. The molecule has 4 bridgehead atoms. The summed E-state index contributed by atoms with van der Waals surface area (Å²) in [4.78, 5) is 44.1. The van der Waals surface area contributed by atoms with Crippen molar-refractivity contribution in [2.45, 2.75) is 70.7 Å². The number of piperidine rings is 1. The Morgan fingerprint density at radius 2 is 1.79 bits per heavy atom. The fraction of sp³-hybridized carbons (Fsp3) is 0.679. The summed E-state index contributed by atoms with van der Waals surface area (Å²) in [7, 11) is 1.58. The molecule has 1 saturated carbocycles. The van der Waals surface area contributed by atoms with Crippen LogP contribution in [0.3, 0.4) is 0 Å². The van der Waals surface area contributed by atoms with Gasteiger partial charge in [-0.2, -0.15) is 0 Å². The third kappa shape index (κ3) is 4.62. The zero-order valence-electron chi connectivity index (χ0n) is 22.9. The van der Waals surface area contributed by atoms with E-state index in [1.807, 2.05) is 12.1 Å². The number of amides is 2. The number of likely N-dealkylation sites (tertiary alicyclic amines) is 2. The Balaban J connectivity index is 1.88. The molecule has 10 nitrogen and oxygen atoms in total. The van der Waals surface area contributed by atoms with Gasteiger partial charge in [-0.3, -0.25) is 9.59 Å². The van der Waals surface area contributed by atoms with Crippen LogP contribution in [0.15, 0.2) is 24.3 Å². The summed E-state index contributed by atoms with van der Waals surface area (Å²) in [5.74, 6) is -0.719. The van der Waals surface area contributed by atoms with Crippen molar-refractivity contribution in [3.05, 3.63) is 29.8 Å². The van der Waals surface area contributed by atoms with Crippen LogP contribution in [0.25, 0.3) is 0 Å². The largest absolute Gasteiger partial charge is 0.497 e. The number of methoxy groups -OCH3 is 1. The quantitative estimate of drug-likeness (QED) is 0.489. The minimum atomic E-state index is -1.21. The molecule has 1 aromatic carbocycles. The molecule has 3 aliphatic rings. The summed E-state index contributed by atoms with van der Waals surface area (Å²) in [5.41, 5.74) is -2.35. The molecule has 2 aliphatic heterocycles. The van der Waals surface area contributed by atoms with E-state index in [4.69, 9.17) is 14.2 Å². The van der Waals surface area contributed by atoms with Crippen molar-refractivity contribution in [3.8, 4) is 5.75 Å². The van der Waals surface area contributed by atoms with Gasteiger partial charge < -0.3 is 34.2 Å². The molecule has 1 aliphatic carbocycles. The SMILES string of the molecule is CCOC(=O)C[C@]12[C@@H]3CCN(C(=O)OC(C)(C)C)[C@H]1C(CO)(CO)C[C@H]3C(=O)N2Cc1ccc(OC)cc1. The van der Waals surface area contributed by atoms with Gasteiger partial charge in [0.2, 0.25) is 5.91 Å². The average molecular weight is 533 g/mol. The van der Waals surface area contributed by atoms with Crippen LogP contribution in [-0.4, -0.2) is 88.6 Å².